The van der Waals surface area contributed by atoms with Crippen LogP contribution < -0.4 is 5.32 Å². The van der Waals surface area contributed by atoms with Crippen LogP contribution in [-0.2, 0) is 11.2 Å². The predicted molar refractivity (Wildman–Crippen MR) is 57.7 cm³/mol. The van der Waals surface area contributed by atoms with E-state index in [0.717, 1.165) is 12.8 Å². The number of alkyl carbamates (subject to hydrolysis) is 1. The molecule has 1 aromatic rings. The maximum absolute atomic E-state index is 11.0. The van der Waals surface area contributed by atoms with E-state index in [2.05, 4.69) is 5.32 Å². The Labute approximate surface area is 88.1 Å². The third-order valence-corrected chi connectivity index (χ3v) is 2.62. The molecule has 0 spiro atoms. The zero-order valence-electron chi connectivity index (χ0n) is 8.29. The van der Waals surface area contributed by atoms with Gasteiger partial charge in [-0.2, -0.15) is 0 Å². The summed E-state index contributed by atoms with van der Waals surface area (Å²) < 4.78 is 4.97. The van der Waals surface area contributed by atoms with Crippen molar-refractivity contribution in [1.82, 2.24) is 5.32 Å². The van der Waals surface area contributed by atoms with Gasteiger partial charge in [0.2, 0.25) is 0 Å². The summed E-state index contributed by atoms with van der Waals surface area (Å²) in [4.78, 5) is 12.2. The standard InChI is InChI=1S/C10H15NO2S/c1-2-6-11-10(12)13-7-5-9-4-3-8-14-9/h3-4,8H,2,5-7H2,1H3,(H,11,12). The Kier molecular flexibility index (Phi) is 5.07. The van der Waals surface area contributed by atoms with Crippen LogP contribution in [0.1, 0.15) is 18.2 Å². The van der Waals surface area contributed by atoms with Gasteiger partial charge in [-0.05, 0) is 17.9 Å². The first-order valence-electron chi connectivity index (χ1n) is 4.76. The first-order valence-corrected chi connectivity index (χ1v) is 5.64. The SMILES string of the molecule is CCCNC(=O)OCCc1cccs1. The lowest BCUT2D eigenvalue weighted by Gasteiger charge is -2.04. The molecule has 0 bridgehead atoms. The topological polar surface area (TPSA) is 38.3 Å². The Bertz CT molecular complexity index is 259. The van der Waals surface area contributed by atoms with Crippen LogP contribution in [0.3, 0.4) is 0 Å². The van der Waals surface area contributed by atoms with Gasteiger partial charge in [0.25, 0.3) is 0 Å². The largest absolute Gasteiger partial charge is 0.449 e. The number of hydrogen-bond donors (Lipinski definition) is 1. The fourth-order valence-electron chi connectivity index (χ4n) is 0.977. The van der Waals surface area contributed by atoms with E-state index in [4.69, 9.17) is 4.74 Å². The predicted octanol–water partition coefficient (Wildman–Crippen LogP) is 2.43. The number of carbonyl (C=O) groups excluding carboxylic acids is 1. The van der Waals surface area contributed by atoms with Gasteiger partial charge >= 0.3 is 6.09 Å². The quantitative estimate of drug-likeness (QED) is 0.815. The van der Waals surface area contributed by atoms with E-state index in [1.165, 1.54) is 4.88 Å². The number of nitrogens with one attached hydrogen (secondary N) is 1. The summed E-state index contributed by atoms with van der Waals surface area (Å²) >= 11 is 1.68. The molecule has 14 heavy (non-hydrogen) atoms. The van der Waals surface area contributed by atoms with Crippen molar-refractivity contribution in [2.45, 2.75) is 19.8 Å². The van der Waals surface area contributed by atoms with Gasteiger partial charge in [-0.3, -0.25) is 0 Å². The number of carbonyl (C=O) groups is 1. The fourth-order valence-corrected chi connectivity index (χ4v) is 1.67. The van der Waals surface area contributed by atoms with Gasteiger partial charge in [0.15, 0.2) is 0 Å². The molecule has 1 amide bonds. The molecule has 0 aliphatic rings. The van der Waals surface area contributed by atoms with E-state index in [0.29, 0.717) is 13.2 Å². The summed E-state index contributed by atoms with van der Waals surface area (Å²) in [6.45, 7) is 3.14. The average molecular weight is 213 g/mol. The lowest BCUT2D eigenvalue weighted by Crippen LogP contribution is -2.25. The second kappa shape index (κ2) is 6.43. The van der Waals surface area contributed by atoms with Crippen molar-refractivity contribution in [2.24, 2.45) is 0 Å². The van der Waals surface area contributed by atoms with E-state index in [1.807, 2.05) is 24.4 Å². The third-order valence-electron chi connectivity index (χ3n) is 1.68. The van der Waals surface area contributed by atoms with Crippen LogP contribution in [0.15, 0.2) is 17.5 Å². The smallest absolute Gasteiger partial charge is 0.407 e. The summed E-state index contributed by atoms with van der Waals surface area (Å²) in [6.07, 6.45) is 1.42. The number of amides is 1. The minimum absolute atomic E-state index is 0.316. The minimum atomic E-state index is -0.316. The van der Waals surface area contributed by atoms with Crippen molar-refractivity contribution in [1.29, 1.82) is 0 Å². The van der Waals surface area contributed by atoms with Crippen molar-refractivity contribution < 1.29 is 9.53 Å². The minimum Gasteiger partial charge on any atom is -0.449 e. The summed E-state index contributed by atoms with van der Waals surface area (Å²) in [5.74, 6) is 0. The van der Waals surface area contributed by atoms with Crippen LogP contribution in [0.5, 0.6) is 0 Å². The van der Waals surface area contributed by atoms with Gasteiger partial charge < -0.3 is 10.1 Å². The molecule has 0 saturated carbocycles. The van der Waals surface area contributed by atoms with Crippen LogP contribution in [0.25, 0.3) is 0 Å². The molecule has 78 valence electrons. The third kappa shape index (κ3) is 4.28. The number of rotatable bonds is 5. The van der Waals surface area contributed by atoms with Gasteiger partial charge in [0.05, 0.1) is 6.61 Å². The van der Waals surface area contributed by atoms with Crippen LogP contribution in [0.2, 0.25) is 0 Å². The van der Waals surface area contributed by atoms with Crippen LogP contribution in [0.4, 0.5) is 4.79 Å². The Balaban J connectivity index is 2.06. The molecule has 1 rings (SSSR count). The van der Waals surface area contributed by atoms with Crippen LogP contribution in [0, 0.1) is 0 Å². The van der Waals surface area contributed by atoms with Gasteiger partial charge in [-0.25, -0.2) is 4.79 Å². The molecule has 1 aromatic heterocycles. The Morgan fingerprint density at radius 2 is 2.50 bits per heavy atom. The van der Waals surface area contributed by atoms with Crippen molar-refractivity contribution >= 4 is 17.4 Å². The summed E-state index contributed by atoms with van der Waals surface area (Å²) in [5.41, 5.74) is 0. The first kappa shape index (κ1) is 11.0. The highest BCUT2D eigenvalue weighted by atomic mass is 32.1. The Hall–Kier alpha value is -1.03. The zero-order valence-corrected chi connectivity index (χ0v) is 9.10. The zero-order chi connectivity index (χ0) is 10.2. The summed E-state index contributed by atoms with van der Waals surface area (Å²) in [7, 11) is 0. The highest BCUT2D eigenvalue weighted by Gasteiger charge is 2.00. The Morgan fingerprint density at radius 1 is 1.64 bits per heavy atom. The molecule has 0 unspecified atom stereocenters. The molecule has 0 fully saturated rings. The molecule has 0 atom stereocenters. The van der Waals surface area contributed by atoms with Gasteiger partial charge in [-0.1, -0.05) is 13.0 Å². The van der Waals surface area contributed by atoms with Gasteiger partial charge in [-0.15, -0.1) is 11.3 Å². The van der Waals surface area contributed by atoms with E-state index in [-0.39, 0.29) is 6.09 Å². The molecule has 0 radical (unpaired) electrons. The van der Waals surface area contributed by atoms with Crippen LogP contribution in [-0.4, -0.2) is 19.2 Å². The second-order valence-electron chi connectivity index (χ2n) is 2.89. The van der Waals surface area contributed by atoms with E-state index >= 15 is 0 Å². The van der Waals surface area contributed by atoms with E-state index < -0.39 is 0 Å². The number of thiophene rings is 1. The maximum Gasteiger partial charge on any atom is 0.407 e. The van der Waals surface area contributed by atoms with Gasteiger partial charge in [0, 0.05) is 17.8 Å². The van der Waals surface area contributed by atoms with Crippen molar-refractivity contribution in [3.63, 3.8) is 0 Å². The molecule has 0 aromatic carbocycles. The number of ether oxygens (including phenoxy) is 1. The lowest BCUT2D eigenvalue weighted by molar-refractivity contribution is 0.148. The van der Waals surface area contributed by atoms with E-state index in [1.54, 1.807) is 11.3 Å². The molecular weight excluding hydrogens is 198 g/mol. The molecule has 3 nitrogen and oxygen atoms in total. The highest BCUT2D eigenvalue weighted by Crippen LogP contribution is 2.08. The van der Waals surface area contributed by atoms with Crippen molar-refractivity contribution in [2.75, 3.05) is 13.2 Å². The molecule has 1 heterocycles. The number of hydrogen-bond acceptors (Lipinski definition) is 3. The molecular formula is C10H15NO2S. The summed E-state index contributed by atoms with van der Waals surface area (Å²) in [5, 5.41) is 4.67. The van der Waals surface area contributed by atoms with Crippen molar-refractivity contribution in [3.8, 4) is 0 Å². The molecule has 0 aliphatic carbocycles. The normalized spacial score (nSPS) is 9.79. The maximum atomic E-state index is 11.0. The van der Waals surface area contributed by atoms with Crippen LogP contribution >= 0.6 is 11.3 Å². The Morgan fingerprint density at radius 3 is 3.14 bits per heavy atom. The average Bonchev–Trinajstić information content (AvgIpc) is 2.67. The molecule has 0 aliphatic heterocycles. The second-order valence-corrected chi connectivity index (χ2v) is 3.92. The molecule has 0 saturated heterocycles. The lowest BCUT2D eigenvalue weighted by atomic mass is 10.4. The first-order chi connectivity index (χ1) is 6.83. The van der Waals surface area contributed by atoms with E-state index in [9.17, 15) is 4.79 Å². The van der Waals surface area contributed by atoms with Gasteiger partial charge in [0.1, 0.15) is 0 Å². The molecule has 1 N–H and O–H groups in total. The van der Waals surface area contributed by atoms with Crippen molar-refractivity contribution in [3.05, 3.63) is 22.4 Å². The highest BCUT2D eigenvalue weighted by molar-refractivity contribution is 7.09. The summed E-state index contributed by atoms with van der Waals surface area (Å²) in [6, 6.07) is 4.04. The molecule has 4 heteroatoms. The fraction of sp³-hybridized carbons (Fsp3) is 0.500. The monoisotopic (exact) mass is 213 g/mol.